The van der Waals surface area contributed by atoms with Gasteiger partial charge in [0.25, 0.3) is 0 Å². The van der Waals surface area contributed by atoms with Crippen LogP contribution in [-0.2, 0) is 30.9 Å². The fraction of sp³-hybridized carbons (Fsp3) is 0.455. The molecule has 1 N–H and O–H groups in total. The number of aryl methyl sites for hydroxylation is 1. The minimum atomic E-state index is -0.305. The molecule has 5 nitrogen and oxygen atoms in total. The molecule has 2 aliphatic heterocycles. The van der Waals surface area contributed by atoms with Crippen LogP contribution in [0.4, 0.5) is 0 Å². The number of carbonyl (C=O) groups excluding carboxylic acids is 2. The van der Waals surface area contributed by atoms with Crippen LogP contribution in [0.15, 0.2) is 72.8 Å². The molecular formula is C33H39NO4. The van der Waals surface area contributed by atoms with E-state index in [2.05, 4.69) is 73.9 Å². The fourth-order valence-corrected chi connectivity index (χ4v) is 6.34. The molecule has 2 aromatic carbocycles. The maximum atomic E-state index is 11.7. The van der Waals surface area contributed by atoms with Crippen molar-refractivity contribution < 1.29 is 19.1 Å². The molecule has 5 rings (SSSR count). The van der Waals surface area contributed by atoms with Crippen LogP contribution in [0.25, 0.3) is 0 Å². The summed E-state index contributed by atoms with van der Waals surface area (Å²) in [7, 11) is 0. The molecule has 1 saturated carbocycles. The van der Waals surface area contributed by atoms with Crippen molar-refractivity contribution in [3.63, 3.8) is 0 Å². The van der Waals surface area contributed by atoms with Gasteiger partial charge in [-0.15, -0.1) is 0 Å². The van der Waals surface area contributed by atoms with Gasteiger partial charge >= 0.3 is 11.9 Å². The number of carbonyl (C=O) groups is 2. The third-order valence-corrected chi connectivity index (χ3v) is 8.61. The SMILES string of the molecule is C=C1CC(CCCc2ccc(C3(c4ccc([C@H](C)NC5CC(=C)C(=O)O5)cc4)CCCCC3)cc2)OC1=O. The number of ether oxygens (including phenoxy) is 2. The molecule has 200 valence electrons. The van der Waals surface area contributed by atoms with Crippen LogP contribution in [0.2, 0.25) is 0 Å². The lowest BCUT2D eigenvalue weighted by Gasteiger charge is -2.39. The number of hydrogen-bond donors (Lipinski definition) is 1. The van der Waals surface area contributed by atoms with E-state index < -0.39 is 0 Å². The predicted molar refractivity (Wildman–Crippen MR) is 149 cm³/mol. The molecule has 1 aliphatic carbocycles. The second-order valence-corrected chi connectivity index (χ2v) is 11.3. The van der Waals surface area contributed by atoms with E-state index >= 15 is 0 Å². The predicted octanol–water partition coefficient (Wildman–Crippen LogP) is 6.61. The zero-order valence-corrected chi connectivity index (χ0v) is 22.5. The van der Waals surface area contributed by atoms with E-state index in [1.807, 2.05) is 0 Å². The van der Waals surface area contributed by atoms with Crippen LogP contribution in [0.1, 0.15) is 93.0 Å². The highest BCUT2D eigenvalue weighted by Crippen LogP contribution is 2.45. The second-order valence-electron chi connectivity index (χ2n) is 11.3. The molecule has 2 heterocycles. The van der Waals surface area contributed by atoms with Gasteiger partial charge in [-0.2, -0.15) is 0 Å². The molecule has 0 radical (unpaired) electrons. The van der Waals surface area contributed by atoms with Crippen molar-refractivity contribution in [2.24, 2.45) is 0 Å². The molecule has 2 saturated heterocycles. The summed E-state index contributed by atoms with van der Waals surface area (Å²) in [6.45, 7) is 9.66. The van der Waals surface area contributed by atoms with Crippen LogP contribution < -0.4 is 5.32 Å². The third kappa shape index (κ3) is 5.63. The first kappa shape index (κ1) is 26.4. The quantitative estimate of drug-likeness (QED) is 0.302. The zero-order valence-electron chi connectivity index (χ0n) is 22.5. The molecule has 5 heteroatoms. The van der Waals surface area contributed by atoms with Gasteiger partial charge in [-0.25, -0.2) is 9.59 Å². The summed E-state index contributed by atoms with van der Waals surface area (Å²) in [6.07, 6.45) is 9.85. The van der Waals surface area contributed by atoms with E-state index in [4.69, 9.17) is 9.47 Å². The van der Waals surface area contributed by atoms with E-state index in [1.165, 1.54) is 41.5 Å². The first-order valence-corrected chi connectivity index (χ1v) is 14.1. The summed E-state index contributed by atoms with van der Waals surface area (Å²) in [5.74, 6) is -0.539. The lowest BCUT2D eigenvalue weighted by Crippen LogP contribution is -2.32. The second kappa shape index (κ2) is 11.3. The average Bonchev–Trinajstić information content (AvgIpc) is 3.42. The Morgan fingerprint density at radius 3 is 2.05 bits per heavy atom. The summed E-state index contributed by atoms with van der Waals surface area (Å²) in [6, 6.07) is 18.3. The molecule has 3 aliphatic rings. The van der Waals surface area contributed by atoms with Gasteiger partial charge in [0.15, 0.2) is 6.23 Å². The Morgan fingerprint density at radius 1 is 0.868 bits per heavy atom. The van der Waals surface area contributed by atoms with Crippen molar-refractivity contribution in [2.75, 3.05) is 0 Å². The Bertz CT molecular complexity index is 1160. The van der Waals surface area contributed by atoms with E-state index in [1.54, 1.807) is 0 Å². The van der Waals surface area contributed by atoms with Crippen LogP contribution in [0.3, 0.4) is 0 Å². The normalized spacial score (nSPS) is 23.8. The third-order valence-electron chi connectivity index (χ3n) is 8.61. The van der Waals surface area contributed by atoms with E-state index in [9.17, 15) is 9.59 Å². The van der Waals surface area contributed by atoms with Crippen molar-refractivity contribution in [3.05, 3.63) is 95.1 Å². The lowest BCUT2D eigenvalue weighted by molar-refractivity contribution is -0.140. The lowest BCUT2D eigenvalue weighted by atomic mass is 9.65. The van der Waals surface area contributed by atoms with Crippen molar-refractivity contribution in [1.82, 2.24) is 5.32 Å². The topological polar surface area (TPSA) is 64.6 Å². The molecule has 3 atom stereocenters. The molecule has 0 amide bonds. The van der Waals surface area contributed by atoms with Crippen LogP contribution in [0, 0.1) is 0 Å². The summed E-state index contributed by atoms with van der Waals surface area (Å²) < 4.78 is 10.7. The number of cyclic esters (lactones) is 2. The average molecular weight is 514 g/mol. The van der Waals surface area contributed by atoms with Gasteiger partial charge < -0.3 is 9.47 Å². The van der Waals surface area contributed by atoms with Gasteiger partial charge in [-0.05, 0) is 61.3 Å². The highest BCUT2D eigenvalue weighted by atomic mass is 16.6. The smallest absolute Gasteiger partial charge is 0.335 e. The molecular weight excluding hydrogens is 474 g/mol. The Labute approximate surface area is 226 Å². The number of rotatable bonds is 9. The first-order valence-electron chi connectivity index (χ1n) is 14.1. The van der Waals surface area contributed by atoms with Gasteiger partial charge in [-0.1, -0.05) is 81.0 Å². The molecule has 0 bridgehead atoms. The summed E-state index contributed by atoms with van der Waals surface area (Å²) in [4.78, 5) is 23.2. The first-order chi connectivity index (χ1) is 18.3. The molecule has 0 spiro atoms. The van der Waals surface area contributed by atoms with Gasteiger partial charge in [-0.3, -0.25) is 5.32 Å². The maximum Gasteiger partial charge on any atom is 0.335 e. The maximum absolute atomic E-state index is 11.7. The molecule has 2 unspecified atom stereocenters. The summed E-state index contributed by atoms with van der Waals surface area (Å²) in [5.41, 5.74) is 6.46. The van der Waals surface area contributed by atoms with E-state index in [0.717, 1.165) is 32.1 Å². The van der Waals surface area contributed by atoms with Crippen molar-refractivity contribution in [2.45, 2.75) is 94.9 Å². The molecule has 0 aromatic heterocycles. The molecule has 3 fully saturated rings. The fourth-order valence-electron chi connectivity index (χ4n) is 6.34. The van der Waals surface area contributed by atoms with Crippen LogP contribution in [0.5, 0.6) is 0 Å². The Hall–Kier alpha value is -3.18. The van der Waals surface area contributed by atoms with E-state index in [0.29, 0.717) is 24.0 Å². The minimum absolute atomic E-state index is 0.00619. The molecule has 38 heavy (non-hydrogen) atoms. The molecule has 2 aromatic rings. The number of hydrogen-bond acceptors (Lipinski definition) is 5. The number of nitrogens with one attached hydrogen (secondary N) is 1. The highest BCUT2D eigenvalue weighted by molar-refractivity contribution is 5.90. The number of benzene rings is 2. The monoisotopic (exact) mass is 513 g/mol. The Kier molecular flexibility index (Phi) is 7.85. The van der Waals surface area contributed by atoms with Gasteiger partial charge in [0.2, 0.25) is 0 Å². The van der Waals surface area contributed by atoms with Crippen molar-refractivity contribution in [3.8, 4) is 0 Å². The highest BCUT2D eigenvalue weighted by Gasteiger charge is 2.36. The Morgan fingerprint density at radius 2 is 1.47 bits per heavy atom. The van der Waals surface area contributed by atoms with Crippen LogP contribution in [-0.4, -0.2) is 24.3 Å². The van der Waals surface area contributed by atoms with E-state index in [-0.39, 0.29) is 35.7 Å². The van der Waals surface area contributed by atoms with Crippen molar-refractivity contribution in [1.29, 1.82) is 0 Å². The Balaban J connectivity index is 1.25. The van der Waals surface area contributed by atoms with Gasteiger partial charge in [0.1, 0.15) is 6.10 Å². The van der Waals surface area contributed by atoms with Crippen molar-refractivity contribution >= 4 is 11.9 Å². The zero-order chi connectivity index (χ0) is 26.7. The minimum Gasteiger partial charge on any atom is -0.459 e. The standard InChI is InChI=1S/C33H39NO4/c1-22-20-29(37-31(22)35)9-7-8-25-10-14-27(15-11-25)33(18-5-4-6-19-33)28-16-12-26(13-17-28)24(3)34-30-21-23(2)32(36)38-30/h10-17,24,29-30,34H,1-2,4-9,18-21H2,3H3/t24-,29?,30?/m0/s1. The van der Waals surface area contributed by atoms with Gasteiger partial charge in [0.05, 0.1) is 0 Å². The summed E-state index contributed by atoms with van der Waals surface area (Å²) in [5, 5.41) is 3.41. The number of esters is 2. The summed E-state index contributed by atoms with van der Waals surface area (Å²) >= 11 is 0. The van der Waals surface area contributed by atoms with Crippen LogP contribution >= 0.6 is 0 Å². The van der Waals surface area contributed by atoms with Gasteiger partial charge in [0, 0.05) is 35.4 Å². The largest absolute Gasteiger partial charge is 0.459 e.